The molecule has 2 amide bonds. The number of aromatic nitrogens is 2. The summed E-state index contributed by atoms with van der Waals surface area (Å²) in [6, 6.07) is 12.7. The molecule has 2 aromatic heterocycles. The second kappa shape index (κ2) is 8.32. The van der Waals surface area contributed by atoms with Crippen LogP contribution in [0.4, 0.5) is 5.82 Å². The fourth-order valence-corrected chi connectivity index (χ4v) is 3.39. The van der Waals surface area contributed by atoms with Crippen molar-refractivity contribution in [3.63, 3.8) is 0 Å². The number of hydrogen-bond donors (Lipinski definition) is 2. The molecule has 0 radical (unpaired) electrons. The number of piperazine rings is 1. The third-order valence-electron chi connectivity index (χ3n) is 4.91. The zero-order chi connectivity index (χ0) is 20.2. The Morgan fingerprint density at radius 3 is 2.86 bits per heavy atom. The lowest BCUT2D eigenvalue weighted by molar-refractivity contribution is -0.121. The van der Waals surface area contributed by atoms with E-state index in [9.17, 15) is 9.59 Å². The van der Waals surface area contributed by atoms with Crippen LogP contribution < -0.4 is 20.3 Å². The van der Waals surface area contributed by atoms with Crippen molar-refractivity contribution in [2.45, 2.75) is 12.5 Å². The second-order valence-electron chi connectivity index (χ2n) is 6.81. The molecule has 1 unspecified atom stereocenters. The van der Waals surface area contributed by atoms with Crippen LogP contribution in [0.5, 0.6) is 5.75 Å². The number of anilines is 1. The van der Waals surface area contributed by atoms with E-state index >= 15 is 0 Å². The van der Waals surface area contributed by atoms with Gasteiger partial charge in [-0.15, -0.1) is 0 Å². The maximum atomic E-state index is 13.0. The highest BCUT2D eigenvalue weighted by Gasteiger charge is 2.30. The van der Waals surface area contributed by atoms with Crippen molar-refractivity contribution in [3.8, 4) is 5.75 Å². The van der Waals surface area contributed by atoms with Gasteiger partial charge in [-0.2, -0.15) is 0 Å². The summed E-state index contributed by atoms with van der Waals surface area (Å²) >= 11 is 0. The van der Waals surface area contributed by atoms with E-state index in [-0.39, 0.29) is 17.9 Å². The molecule has 4 rings (SSSR count). The van der Waals surface area contributed by atoms with Crippen LogP contribution in [0, 0.1) is 0 Å². The van der Waals surface area contributed by atoms with Crippen LogP contribution in [0.1, 0.15) is 16.8 Å². The molecule has 0 saturated carbocycles. The Balaban J connectivity index is 1.45. The van der Waals surface area contributed by atoms with Crippen molar-refractivity contribution < 1.29 is 14.3 Å². The van der Waals surface area contributed by atoms with Gasteiger partial charge >= 0.3 is 0 Å². The van der Waals surface area contributed by atoms with E-state index in [0.29, 0.717) is 43.1 Å². The smallest absolute Gasteiger partial charge is 0.252 e. The van der Waals surface area contributed by atoms with Crippen LogP contribution in [0.2, 0.25) is 0 Å². The van der Waals surface area contributed by atoms with E-state index in [1.807, 2.05) is 30.3 Å². The first-order valence-electron chi connectivity index (χ1n) is 9.59. The topological polar surface area (TPSA) is 88.0 Å². The zero-order valence-electron chi connectivity index (χ0n) is 16.2. The number of hydrogen-bond acceptors (Lipinski definition) is 5. The molecule has 29 heavy (non-hydrogen) atoms. The monoisotopic (exact) mass is 393 g/mol. The standard InChI is InChI=1S/C21H23N5O3/c1-22-20(27)15-7-8-18-24-19(14-25(18)13-15)26-11-10-23-17(21(26)28)9-12-29-16-5-3-2-4-6-16/h2-8,13-14,17,23H,9-12H2,1H3,(H,22,27). The van der Waals surface area contributed by atoms with Gasteiger partial charge in [-0.3, -0.25) is 14.5 Å². The van der Waals surface area contributed by atoms with E-state index < -0.39 is 0 Å². The molecule has 1 aromatic carbocycles. The highest BCUT2D eigenvalue weighted by Crippen LogP contribution is 2.19. The number of carbonyl (C=O) groups is 2. The fraction of sp³-hybridized carbons (Fsp3) is 0.286. The lowest BCUT2D eigenvalue weighted by Gasteiger charge is -2.31. The van der Waals surface area contributed by atoms with Crippen LogP contribution in [0.15, 0.2) is 54.9 Å². The predicted octanol–water partition coefficient (Wildman–Crippen LogP) is 1.47. The lowest BCUT2D eigenvalue weighted by Crippen LogP contribution is -2.55. The van der Waals surface area contributed by atoms with Gasteiger partial charge in [-0.25, -0.2) is 4.98 Å². The van der Waals surface area contributed by atoms with Crippen molar-refractivity contribution >= 4 is 23.3 Å². The second-order valence-corrected chi connectivity index (χ2v) is 6.81. The molecule has 3 aromatic rings. The first kappa shape index (κ1) is 18.9. The van der Waals surface area contributed by atoms with Crippen LogP contribution in [-0.2, 0) is 4.79 Å². The quantitative estimate of drug-likeness (QED) is 0.662. The average Bonchev–Trinajstić information content (AvgIpc) is 3.18. The number of pyridine rings is 1. The van der Waals surface area contributed by atoms with E-state index in [1.165, 1.54) is 0 Å². The maximum absolute atomic E-state index is 13.0. The average molecular weight is 393 g/mol. The Morgan fingerprint density at radius 2 is 2.07 bits per heavy atom. The van der Waals surface area contributed by atoms with E-state index in [2.05, 4.69) is 15.6 Å². The summed E-state index contributed by atoms with van der Waals surface area (Å²) in [5, 5.41) is 5.86. The number of nitrogens with one attached hydrogen (secondary N) is 2. The summed E-state index contributed by atoms with van der Waals surface area (Å²) in [5.74, 6) is 1.18. The Labute approximate surface area is 168 Å². The van der Waals surface area contributed by atoms with Crippen molar-refractivity contribution in [3.05, 3.63) is 60.4 Å². The number of ether oxygens (including phenoxy) is 1. The van der Waals surface area contributed by atoms with Gasteiger partial charge in [0.1, 0.15) is 11.4 Å². The normalized spacial score (nSPS) is 16.8. The number of carbonyl (C=O) groups excluding carboxylic acids is 2. The molecule has 1 aliphatic heterocycles. The third-order valence-corrected chi connectivity index (χ3v) is 4.91. The number of para-hydroxylation sites is 1. The summed E-state index contributed by atoms with van der Waals surface area (Å²) in [5.41, 5.74) is 1.22. The molecule has 3 heterocycles. The summed E-state index contributed by atoms with van der Waals surface area (Å²) in [6.45, 7) is 1.67. The van der Waals surface area contributed by atoms with Gasteiger partial charge in [0.15, 0.2) is 5.82 Å². The molecule has 0 spiro atoms. The van der Waals surface area contributed by atoms with E-state index in [0.717, 1.165) is 5.75 Å². The Hall–Kier alpha value is -3.39. The highest BCUT2D eigenvalue weighted by molar-refractivity contribution is 5.97. The van der Waals surface area contributed by atoms with Gasteiger partial charge < -0.3 is 19.8 Å². The third kappa shape index (κ3) is 4.07. The number of amides is 2. The Bertz CT molecular complexity index is 1020. The van der Waals surface area contributed by atoms with Gasteiger partial charge in [-0.05, 0) is 24.3 Å². The first-order valence-corrected chi connectivity index (χ1v) is 9.59. The molecule has 1 fully saturated rings. The highest BCUT2D eigenvalue weighted by atomic mass is 16.5. The van der Waals surface area contributed by atoms with Crippen molar-refractivity contribution in [2.75, 3.05) is 31.6 Å². The molecular formula is C21H23N5O3. The molecule has 0 bridgehead atoms. The molecule has 8 heteroatoms. The zero-order valence-corrected chi connectivity index (χ0v) is 16.2. The summed E-state index contributed by atoms with van der Waals surface area (Å²) in [4.78, 5) is 31.0. The lowest BCUT2D eigenvalue weighted by atomic mass is 10.1. The summed E-state index contributed by atoms with van der Waals surface area (Å²) in [6.07, 6.45) is 4.06. The van der Waals surface area contributed by atoms with Crippen LogP contribution in [0.25, 0.3) is 5.65 Å². The van der Waals surface area contributed by atoms with E-state index in [1.54, 1.807) is 40.9 Å². The minimum absolute atomic E-state index is 0.0251. The largest absolute Gasteiger partial charge is 0.494 e. The summed E-state index contributed by atoms with van der Waals surface area (Å²) < 4.78 is 7.49. The van der Waals surface area contributed by atoms with Crippen LogP contribution >= 0.6 is 0 Å². The number of fused-ring (bicyclic) bond motifs is 1. The fourth-order valence-electron chi connectivity index (χ4n) is 3.39. The minimum Gasteiger partial charge on any atom is -0.494 e. The first-order chi connectivity index (χ1) is 14.2. The van der Waals surface area contributed by atoms with E-state index in [4.69, 9.17) is 4.74 Å². The molecule has 0 aliphatic carbocycles. The van der Waals surface area contributed by atoms with Crippen LogP contribution in [-0.4, -0.2) is 54.0 Å². The van der Waals surface area contributed by atoms with Gasteiger partial charge in [-0.1, -0.05) is 18.2 Å². The van der Waals surface area contributed by atoms with Crippen molar-refractivity contribution in [1.82, 2.24) is 20.0 Å². The van der Waals surface area contributed by atoms with Crippen molar-refractivity contribution in [2.24, 2.45) is 0 Å². The number of nitrogens with zero attached hydrogens (tertiary/aromatic N) is 3. The van der Waals surface area contributed by atoms with Crippen LogP contribution in [0.3, 0.4) is 0 Å². The molecule has 2 N–H and O–H groups in total. The molecule has 1 atom stereocenters. The Morgan fingerprint density at radius 1 is 1.24 bits per heavy atom. The molecule has 1 saturated heterocycles. The number of imidazole rings is 1. The van der Waals surface area contributed by atoms with Gasteiger partial charge in [0.25, 0.3) is 5.91 Å². The Kier molecular flexibility index (Phi) is 5.44. The van der Waals surface area contributed by atoms with Gasteiger partial charge in [0.2, 0.25) is 5.91 Å². The molecular weight excluding hydrogens is 370 g/mol. The summed E-state index contributed by atoms with van der Waals surface area (Å²) in [7, 11) is 1.59. The molecule has 1 aliphatic rings. The van der Waals surface area contributed by atoms with Crippen molar-refractivity contribution in [1.29, 1.82) is 0 Å². The molecule has 8 nitrogen and oxygen atoms in total. The number of rotatable bonds is 6. The minimum atomic E-state index is -0.321. The molecule has 150 valence electrons. The van der Waals surface area contributed by atoms with Gasteiger partial charge in [0, 0.05) is 32.8 Å². The predicted molar refractivity (Wildman–Crippen MR) is 109 cm³/mol. The SMILES string of the molecule is CNC(=O)c1ccc2nc(N3CCNC(CCOc4ccccc4)C3=O)cn2c1. The number of benzene rings is 1. The maximum Gasteiger partial charge on any atom is 0.252 e. The van der Waals surface area contributed by atoms with Gasteiger partial charge in [0.05, 0.1) is 24.4 Å².